The van der Waals surface area contributed by atoms with E-state index < -0.39 is 29.2 Å². The Hall–Kier alpha value is -2.13. The van der Waals surface area contributed by atoms with E-state index in [1.165, 1.54) is 6.07 Å². The topological polar surface area (TPSA) is 71.1 Å². The van der Waals surface area contributed by atoms with Gasteiger partial charge in [0.2, 0.25) is 0 Å². The molecule has 0 radical (unpaired) electrons. The highest BCUT2D eigenvalue weighted by molar-refractivity contribution is 7.14. The van der Waals surface area contributed by atoms with Gasteiger partial charge in [0.25, 0.3) is 0 Å². The fourth-order valence-electron chi connectivity index (χ4n) is 1.60. The minimum Gasteiger partial charge on any atom is -0.317 e. The first-order valence-corrected chi connectivity index (χ1v) is 7.34. The Morgan fingerprint density at radius 2 is 1.87 bits per heavy atom. The average molecular weight is 364 g/mol. The second-order valence-corrected chi connectivity index (χ2v) is 5.68. The van der Waals surface area contributed by atoms with Gasteiger partial charge in [-0.15, -0.1) is 11.3 Å². The maximum Gasteiger partial charge on any atom is 0.418 e. The second kappa shape index (κ2) is 6.55. The lowest BCUT2D eigenvalue weighted by Crippen LogP contribution is -2.30. The number of amides is 2. The Bertz CT molecular complexity index is 761. The van der Waals surface area contributed by atoms with Crippen molar-refractivity contribution in [2.45, 2.75) is 13.1 Å². The first-order valence-electron chi connectivity index (χ1n) is 6.08. The smallest absolute Gasteiger partial charge is 0.317 e. The lowest BCUT2D eigenvalue weighted by molar-refractivity contribution is -0.137. The summed E-state index contributed by atoms with van der Waals surface area (Å²) in [4.78, 5) is 27.3. The minimum absolute atomic E-state index is 0.141. The van der Waals surface area contributed by atoms with Gasteiger partial charge in [0.1, 0.15) is 0 Å². The molecule has 1 heterocycles. The van der Waals surface area contributed by atoms with Gasteiger partial charge < -0.3 is 5.32 Å². The number of anilines is 2. The van der Waals surface area contributed by atoms with Crippen molar-refractivity contribution in [2.24, 2.45) is 0 Å². The van der Waals surface area contributed by atoms with Crippen molar-refractivity contribution in [1.29, 1.82) is 0 Å². The van der Waals surface area contributed by atoms with E-state index in [0.717, 1.165) is 17.4 Å². The summed E-state index contributed by atoms with van der Waals surface area (Å²) >= 11 is 6.62. The van der Waals surface area contributed by atoms with E-state index in [1.807, 2.05) is 5.32 Å². The van der Waals surface area contributed by atoms with Crippen molar-refractivity contribution in [2.75, 3.05) is 10.6 Å². The number of alkyl halides is 3. The predicted molar refractivity (Wildman–Crippen MR) is 80.6 cm³/mol. The predicted octanol–water partition coefficient (Wildman–Crippen LogP) is 3.70. The lowest BCUT2D eigenvalue weighted by atomic mass is 10.1. The van der Waals surface area contributed by atoms with Crippen LogP contribution in [0, 0.1) is 6.92 Å². The average Bonchev–Trinajstić information content (AvgIpc) is 2.84. The van der Waals surface area contributed by atoms with Crippen molar-refractivity contribution in [3.05, 3.63) is 39.9 Å². The number of carbonyl (C=O) groups excluding carboxylic acids is 2. The number of aryl methyl sites for hydroxylation is 1. The molecule has 0 atom stereocenters. The molecule has 0 fully saturated rings. The number of rotatable bonds is 2. The standard InChI is InChI=1S/C13H9ClF3N3O2S/c1-6-5-23-12(18-6)20-11(22)10(21)19-9-3-2-7(14)4-8(9)13(15,16)17/h2-5H,1H3,(H,19,21)(H,18,20,22). The van der Waals surface area contributed by atoms with Crippen LogP contribution >= 0.6 is 22.9 Å². The van der Waals surface area contributed by atoms with Crippen LogP contribution in [0.5, 0.6) is 0 Å². The summed E-state index contributed by atoms with van der Waals surface area (Å²) in [5, 5.41) is 5.80. The fourth-order valence-corrected chi connectivity index (χ4v) is 2.46. The monoisotopic (exact) mass is 363 g/mol. The molecule has 0 spiro atoms. The maximum atomic E-state index is 12.9. The minimum atomic E-state index is -4.73. The normalized spacial score (nSPS) is 11.2. The van der Waals surface area contributed by atoms with Crippen LogP contribution in [0.25, 0.3) is 0 Å². The Morgan fingerprint density at radius 3 is 2.43 bits per heavy atom. The van der Waals surface area contributed by atoms with Crippen LogP contribution in [0.1, 0.15) is 11.3 Å². The molecule has 122 valence electrons. The Balaban J connectivity index is 2.15. The third-order valence-electron chi connectivity index (χ3n) is 2.58. The van der Waals surface area contributed by atoms with Gasteiger partial charge in [0.05, 0.1) is 16.9 Å². The van der Waals surface area contributed by atoms with E-state index in [-0.39, 0.29) is 10.2 Å². The number of aromatic nitrogens is 1. The SMILES string of the molecule is Cc1csc(NC(=O)C(=O)Nc2ccc(Cl)cc2C(F)(F)F)n1. The van der Waals surface area contributed by atoms with Gasteiger partial charge in [-0.3, -0.25) is 14.9 Å². The maximum absolute atomic E-state index is 12.9. The zero-order valence-corrected chi connectivity index (χ0v) is 13.1. The fraction of sp³-hybridized carbons (Fsp3) is 0.154. The van der Waals surface area contributed by atoms with Crippen LogP contribution in [0.15, 0.2) is 23.6 Å². The van der Waals surface area contributed by atoms with Gasteiger partial charge in [-0.2, -0.15) is 13.2 Å². The van der Waals surface area contributed by atoms with E-state index >= 15 is 0 Å². The van der Waals surface area contributed by atoms with E-state index in [2.05, 4.69) is 10.3 Å². The van der Waals surface area contributed by atoms with Crippen molar-refractivity contribution < 1.29 is 22.8 Å². The van der Waals surface area contributed by atoms with E-state index in [1.54, 1.807) is 12.3 Å². The van der Waals surface area contributed by atoms with E-state index in [0.29, 0.717) is 11.8 Å². The quantitative estimate of drug-likeness (QED) is 0.799. The van der Waals surface area contributed by atoms with E-state index in [9.17, 15) is 22.8 Å². The molecule has 0 saturated heterocycles. The molecule has 1 aromatic carbocycles. The number of hydrogen-bond donors (Lipinski definition) is 2. The van der Waals surface area contributed by atoms with Gasteiger partial charge in [0.15, 0.2) is 5.13 Å². The third kappa shape index (κ3) is 4.42. The third-order valence-corrected chi connectivity index (χ3v) is 3.69. The van der Waals surface area contributed by atoms with Crippen molar-refractivity contribution in [1.82, 2.24) is 4.98 Å². The highest BCUT2D eigenvalue weighted by Gasteiger charge is 2.34. The molecule has 0 bridgehead atoms. The Morgan fingerprint density at radius 1 is 1.22 bits per heavy atom. The van der Waals surface area contributed by atoms with Crippen LogP contribution in [-0.2, 0) is 15.8 Å². The van der Waals surface area contributed by atoms with Crippen LogP contribution in [-0.4, -0.2) is 16.8 Å². The van der Waals surface area contributed by atoms with Crippen molar-refractivity contribution >= 4 is 45.6 Å². The molecular formula is C13H9ClF3N3O2S. The van der Waals surface area contributed by atoms with Gasteiger partial charge in [-0.05, 0) is 25.1 Å². The summed E-state index contributed by atoms with van der Waals surface area (Å²) in [5.74, 6) is -2.37. The number of benzene rings is 1. The molecular weight excluding hydrogens is 355 g/mol. The molecule has 2 rings (SSSR count). The zero-order chi connectivity index (χ0) is 17.2. The van der Waals surface area contributed by atoms with E-state index in [4.69, 9.17) is 11.6 Å². The van der Waals surface area contributed by atoms with Gasteiger partial charge in [-0.25, -0.2) is 4.98 Å². The lowest BCUT2D eigenvalue weighted by Gasteiger charge is -2.13. The number of nitrogens with zero attached hydrogens (tertiary/aromatic N) is 1. The first-order chi connectivity index (χ1) is 10.7. The molecule has 0 aliphatic carbocycles. The molecule has 23 heavy (non-hydrogen) atoms. The largest absolute Gasteiger partial charge is 0.418 e. The first kappa shape index (κ1) is 17.2. The molecule has 2 amide bonds. The molecule has 0 aliphatic rings. The number of thiazole rings is 1. The molecule has 2 aromatic rings. The molecule has 1 aromatic heterocycles. The van der Waals surface area contributed by atoms with Gasteiger partial charge in [0, 0.05) is 10.4 Å². The van der Waals surface area contributed by atoms with Crippen molar-refractivity contribution in [3.63, 3.8) is 0 Å². The second-order valence-electron chi connectivity index (χ2n) is 4.39. The molecule has 2 N–H and O–H groups in total. The Labute approximate surface area is 137 Å². The number of hydrogen-bond acceptors (Lipinski definition) is 4. The Kier molecular flexibility index (Phi) is 4.90. The molecule has 5 nitrogen and oxygen atoms in total. The highest BCUT2D eigenvalue weighted by Crippen LogP contribution is 2.36. The summed E-state index contributed by atoms with van der Waals surface area (Å²) < 4.78 is 38.7. The van der Waals surface area contributed by atoms with Crippen LogP contribution in [0.3, 0.4) is 0 Å². The van der Waals surface area contributed by atoms with Gasteiger partial charge in [-0.1, -0.05) is 11.6 Å². The molecule has 0 saturated carbocycles. The van der Waals surface area contributed by atoms with Crippen LogP contribution in [0.2, 0.25) is 5.02 Å². The number of nitrogens with one attached hydrogen (secondary N) is 2. The summed E-state index contributed by atoms with van der Waals surface area (Å²) in [6.07, 6.45) is -4.73. The molecule has 10 heteroatoms. The summed E-state index contributed by atoms with van der Waals surface area (Å²) in [7, 11) is 0. The summed E-state index contributed by atoms with van der Waals surface area (Å²) in [6.45, 7) is 1.69. The van der Waals surface area contributed by atoms with Crippen molar-refractivity contribution in [3.8, 4) is 0 Å². The number of halogens is 4. The molecule has 0 aliphatic heterocycles. The van der Waals surface area contributed by atoms with Gasteiger partial charge >= 0.3 is 18.0 Å². The van der Waals surface area contributed by atoms with Crippen LogP contribution in [0.4, 0.5) is 24.0 Å². The summed E-state index contributed by atoms with van der Waals surface area (Å²) in [5.41, 5.74) is -1.06. The van der Waals surface area contributed by atoms with Crippen LogP contribution < -0.4 is 10.6 Å². The number of carbonyl (C=O) groups is 2. The summed E-state index contributed by atoms with van der Waals surface area (Å²) in [6, 6.07) is 2.82. The highest BCUT2D eigenvalue weighted by atomic mass is 35.5. The zero-order valence-electron chi connectivity index (χ0n) is 11.5. The molecule has 0 unspecified atom stereocenters.